The second kappa shape index (κ2) is 9.03. The number of hydrogen-bond acceptors (Lipinski definition) is 3. The molecule has 0 spiro atoms. The van der Waals surface area contributed by atoms with Gasteiger partial charge in [0.05, 0.1) is 6.54 Å². The average molecular weight is 329 g/mol. The van der Waals surface area contributed by atoms with E-state index in [1.54, 1.807) is 0 Å². The minimum Gasteiger partial charge on any atom is -0.316 e. The summed E-state index contributed by atoms with van der Waals surface area (Å²) in [5.41, 5.74) is 1.30. The summed E-state index contributed by atoms with van der Waals surface area (Å²) in [7, 11) is 0. The van der Waals surface area contributed by atoms with Crippen LogP contribution in [0.5, 0.6) is 0 Å². The lowest BCUT2D eigenvalue weighted by molar-refractivity contribution is 0.367. The summed E-state index contributed by atoms with van der Waals surface area (Å²) < 4.78 is 2.17. The Hall–Kier alpha value is -1.10. The van der Waals surface area contributed by atoms with Gasteiger partial charge < -0.3 is 9.88 Å². The normalized spacial score (nSPS) is 17.6. The van der Waals surface area contributed by atoms with E-state index in [-0.39, 0.29) is 24.8 Å². The van der Waals surface area contributed by atoms with Crippen molar-refractivity contribution >= 4 is 24.8 Å². The molecule has 2 aromatic rings. The Morgan fingerprint density at radius 2 is 2.00 bits per heavy atom. The molecular formula is C15H22Cl2N4. The third kappa shape index (κ3) is 4.99. The van der Waals surface area contributed by atoms with Gasteiger partial charge in [0, 0.05) is 6.42 Å². The van der Waals surface area contributed by atoms with E-state index < -0.39 is 0 Å². The predicted octanol–water partition coefficient (Wildman–Crippen LogP) is 2.71. The van der Waals surface area contributed by atoms with Crippen LogP contribution < -0.4 is 5.32 Å². The van der Waals surface area contributed by atoms with Crippen LogP contribution in [-0.4, -0.2) is 27.9 Å². The Kier molecular flexibility index (Phi) is 7.72. The lowest BCUT2D eigenvalue weighted by Crippen LogP contribution is -2.31. The first-order valence-corrected chi connectivity index (χ1v) is 7.03. The molecule has 1 aliphatic heterocycles. The van der Waals surface area contributed by atoms with Gasteiger partial charge in [0.15, 0.2) is 0 Å². The van der Waals surface area contributed by atoms with E-state index in [2.05, 4.69) is 44.3 Å². The first-order valence-electron chi connectivity index (χ1n) is 7.03. The van der Waals surface area contributed by atoms with Crippen LogP contribution in [0.2, 0.25) is 0 Å². The van der Waals surface area contributed by atoms with Gasteiger partial charge in [-0.25, -0.2) is 0 Å². The zero-order valence-electron chi connectivity index (χ0n) is 11.9. The Morgan fingerprint density at radius 1 is 1.19 bits per heavy atom. The molecule has 1 aromatic heterocycles. The molecule has 0 bridgehead atoms. The molecule has 1 aliphatic rings. The fraction of sp³-hybridized carbons (Fsp3) is 0.467. The molecule has 1 unspecified atom stereocenters. The summed E-state index contributed by atoms with van der Waals surface area (Å²) in [6, 6.07) is 10.5. The van der Waals surface area contributed by atoms with Crippen LogP contribution in [0.4, 0.5) is 0 Å². The quantitative estimate of drug-likeness (QED) is 0.938. The zero-order valence-corrected chi connectivity index (χ0v) is 13.6. The van der Waals surface area contributed by atoms with Gasteiger partial charge in [-0.1, -0.05) is 30.3 Å². The molecule has 4 nitrogen and oxygen atoms in total. The zero-order chi connectivity index (χ0) is 12.9. The van der Waals surface area contributed by atoms with Gasteiger partial charge in [-0.2, -0.15) is 0 Å². The first kappa shape index (κ1) is 18.0. The molecule has 0 saturated carbocycles. The van der Waals surface area contributed by atoms with Crippen molar-refractivity contribution in [1.29, 1.82) is 0 Å². The molecule has 1 fully saturated rings. The predicted molar refractivity (Wildman–Crippen MR) is 89.4 cm³/mol. The number of hydrogen-bond donors (Lipinski definition) is 1. The molecule has 2 heterocycles. The molecule has 1 aromatic carbocycles. The monoisotopic (exact) mass is 328 g/mol. The van der Waals surface area contributed by atoms with Crippen molar-refractivity contribution in [3.8, 4) is 0 Å². The van der Waals surface area contributed by atoms with Crippen LogP contribution in [0.25, 0.3) is 0 Å². The smallest absolute Gasteiger partial charge is 0.133 e. The van der Waals surface area contributed by atoms with Crippen molar-refractivity contribution in [1.82, 2.24) is 20.1 Å². The number of aromatic nitrogens is 3. The van der Waals surface area contributed by atoms with Gasteiger partial charge in [0.25, 0.3) is 0 Å². The highest BCUT2D eigenvalue weighted by molar-refractivity contribution is 5.85. The van der Waals surface area contributed by atoms with E-state index in [1.165, 1.54) is 18.4 Å². The first-order chi connectivity index (χ1) is 9.42. The van der Waals surface area contributed by atoms with Crippen molar-refractivity contribution in [2.45, 2.75) is 25.8 Å². The molecule has 6 heteroatoms. The van der Waals surface area contributed by atoms with Crippen molar-refractivity contribution in [2.24, 2.45) is 5.92 Å². The van der Waals surface area contributed by atoms with E-state index in [0.717, 1.165) is 31.9 Å². The number of nitrogens with zero attached hydrogens (tertiary/aromatic N) is 3. The van der Waals surface area contributed by atoms with E-state index in [4.69, 9.17) is 0 Å². The van der Waals surface area contributed by atoms with E-state index in [9.17, 15) is 0 Å². The van der Waals surface area contributed by atoms with Crippen molar-refractivity contribution in [3.63, 3.8) is 0 Å². The molecule has 0 radical (unpaired) electrons. The molecule has 116 valence electrons. The maximum absolute atomic E-state index is 4.29. The van der Waals surface area contributed by atoms with Crippen LogP contribution >= 0.6 is 24.8 Å². The SMILES string of the molecule is Cl.Cl.c1ccc(Cn2cnnc2CC2CCCNC2)cc1. The van der Waals surface area contributed by atoms with Gasteiger partial charge >= 0.3 is 0 Å². The topological polar surface area (TPSA) is 42.7 Å². The molecule has 0 aliphatic carbocycles. The number of piperidine rings is 1. The van der Waals surface area contributed by atoms with Crippen molar-refractivity contribution in [3.05, 3.63) is 48.0 Å². The van der Waals surface area contributed by atoms with Gasteiger partial charge in [0.1, 0.15) is 12.2 Å². The lowest BCUT2D eigenvalue weighted by Gasteiger charge is -2.22. The number of halogens is 2. The van der Waals surface area contributed by atoms with E-state index in [0.29, 0.717) is 5.92 Å². The van der Waals surface area contributed by atoms with Crippen molar-refractivity contribution < 1.29 is 0 Å². The largest absolute Gasteiger partial charge is 0.316 e. The summed E-state index contributed by atoms with van der Waals surface area (Å²) >= 11 is 0. The minimum atomic E-state index is 0. The maximum atomic E-state index is 4.29. The van der Waals surface area contributed by atoms with Crippen LogP contribution in [-0.2, 0) is 13.0 Å². The second-order valence-corrected chi connectivity index (χ2v) is 5.28. The maximum Gasteiger partial charge on any atom is 0.133 e. The molecule has 1 N–H and O–H groups in total. The fourth-order valence-electron chi connectivity index (χ4n) is 2.71. The molecule has 21 heavy (non-hydrogen) atoms. The highest BCUT2D eigenvalue weighted by Gasteiger charge is 2.16. The van der Waals surface area contributed by atoms with E-state index >= 15 is 0 Å². The third-order valence-electron chi connectivity index (χ3n) is 3.76. The third-order valence-corrected chi connectivity index (χ3v) is 3.76. The standard InChI is InChI=1S/C15H20N4.2ClH/c1-2-5-13(6-3-1)11-19-12-17-18-15(19)9-14-7-4-8-16-10-14;;/h1-3,5-6,12,14,16H,4,7-11H2;2*1H. The lowest BCUT2D eigenvalue weighted by atomic mass is 9.96. The molecular weight excluding hydrogens is 307 g/mol. The van der Waals surface area contributed by atoms with Crippen molar-refractivity contribution in [2.75, 3.05) is 13.1 Å². The summed E-state index contributed by atoms with van der Waals surface area (Å²) in [6.07, 6.45) is 5.45. The number of nitrogens with one attached hydrogen (secondary N) is 1. The Bertz CT molecular complexity index is 509. The summed E-state index contributed by atoms with van der Waals surface area (Å²) in [6.45, 7) is 3.13. The van der Waals surface area contributed by atoms with Gasteiger partial charge in [-0.3, -0.25) is 0 Å². The van der Waals surface area contributed by atoms with Crippen LogP contribution in [0.15, 0.2) is 36.7 Å². The molecule has 1 saturated heterocycles. The van der Waals surface area contributed by atoms with Crippen LogP contribution in [0.3, 0.4) is 0 Å². The summed E-state index contributed by atoms with van der Waals surface area (Å²) in [5, 5.41) is 11.8. The Morgan fingerprint density at radius 3 is 2.71 bits per heavy atom. The molecule has 0 amide bonds. The minimum absolute atomic E-state index is 0. The molecule has 1 atom stereocenters. The van der Waals surface area contributed by atoms with Gasteiger partial charge in [0.2, 0.25) is 0 Å². The summed E-state index contributed by atoms with van der Waals surface area (Å²) in [5.74, 6) is 1.81. The van der Waals surface area contributed by atoms with Crippen LogP contribution in [0, 0.1) is 5.92 Å². The highest BCUT2D eigenvalue weighted by atomic mass is 35.5. The van der Waals surface area contributed by atoms with Crippen LogP contribution in [0.1, 0.15) is 24.2 Å². The molecule has 3 rings (SSSR count). The van der Waals surface area contributed by atoms with Gasteiger partial charge in [-0.05, 0) is 37.4 Å². The Labute approximate surface area is 138 Å². The fourth-order valence-corrected chi connectivity index (χ4v) is 2.71. The highest BCUT2D eigenvalue weighted by Crippen LogP contribution is 2.15. The van der Waals surface area contributed by atoms with E-state index in [1.807, 2.05) is 12.4 Å². The van der Waals surface area contributed by atoms with Gasteiger partial charge in [-0.15, -0.1) is 35.0 Å². The summed E-state index contributed by atoms with van der Waals surface area (Å²) in [4.78, 5) is 0. The second-order valence-electron chi connectivity index (χ2n) is 5.28. The Balaban J connectivity index is 0.00000110. The average Bonchev–Trinajstić information content (AvgIpc) is 2.88. The number of benzene rings is 1. The number of rotatable bonds is 4.